The van der Waals surface area contributed by atoms with Crippen LogP contribution >= 0.6 is 11.6 Å². The monoisotopic (exact) mass is 389 g/mol. The quantitative estimate of drug-likeness (QED) is 0.547. The van der Waals surface area contributed by atoms with E-state index in [9.17, 15) is 4.79 Å². The van der Waals surface area contributed by atoms with Crippen LogP contribution in [-0.4, -0.2) is 22.0 Å². The molecule has 0 bridgehead atoms. The summed E-state index contributed by atoms with van der Waals surface area (Å²) in [5, 5.41) is 5.79. The second-order valence-corrected chi connectivity index (χ2v) is 7.69. The van der Waals surface area contributed by atoms with Gasteiger partial charge in [0, 0.05) is 40.9 Å². The maximum Gasteiger partial charge on any atom is 0.252 e. The van der Waals surface area contributed by atoms with Crippen molar-refractivity contribution in [1.82, 2.24) is 14.9 Å². The van der Waals surface area contributed by atoms with Crippen molar-refractivity contribution >= 4 is 39.3 Å². The summed E-state index contributed by atoms with van der Waals surface area (Å²) in [6, 6.07) is 16.0. The Kier molecular flexibility index (Phi) is 4.29. The molecule has 0 radical (unpaired) electrons. The topological polar surface area (TPSA) is 46.9 Å². The van der Waals surface area contributed by atoms with E-state index >= 15 is 0 Å². The Labute approximate surface area is 168 Å². The van der Waals surface area contributed by atoms with Gasteiger partial charge >= 0.3 is 0 Å². The lowest BCUT2D eigenvalue weighted by molar-refractivity contribution is 0.0953. The molecule has 0 unspecified atom stereocenters. The first-order chi connectivity index (χ1) is 13.7. The standard InChI is InChI=1S/C23H20ClN3O/c24-16-8-9-20-18(14-16)22(17-5-3-6-19(17)26-20)23(28)25-11-13-27-12-10-15-4-1-2-7-21(15)27/h1-2,4,7-10,12,14H,3,5-6,11,13H2,(H,25,28). The van der Waals surface area contributed by atoms with Crippen molar-refractivity contribution in [2.24, 2.45) is 0 Å². The van der Waals surface area contributed by atoms with Crippen LogP contribution in [0.4, 0.5) is 0 Å². The smallest absolute Gasteiger partial charge is 0.252 e. The van der Waals surface area contributed by atoms with Crippen molar-refractivity contribution in [3.8, 4) is 0 Å². The summed E-state index contributed by atoms with van der Waals surface area (Å²) < 4.78 is 2.17. The van der Waals surface area contributed by atoms with Crippen LogP contribution in [0, 0.1) is 0 Å². The first-order valence-corrected chi connectivity index (χ1v) is 10.0. The molecule has 1 amide bonds. The number of pyridine rings is 1. The van der Waals surface area contributed by atoms with Gasteiger partial charge in [-0.2, -0.15) is 0 Å². The number of fused-ring (bicyclic) bond motifs is 3. The van der Waals surface area contributed by atoms with Gasteiger partial charge in [0.1, 0.15) is 0 Å². The number of benzene rings is 2. The third-order valence-electron chi connectivity index (χ3n) is 5.52. The number of nitrogens with zero attached hydrogens (tertiary/aromatic N) is 2. The van der Waals surface area contributed by atoms with E-state index < -0.39 is 0 Å². The van der Waals surface area contributed by atoms with E-state index in [0.717, 1.165) is 53.5 Å². The molecule has 2 aromatic carbocycles. The van der Waals surface area contributed by atoms with E-state index in [1.807, 2.05) is 30.3 Å². The molecule has 140 valence electrons. The van der Waals surface area contributed by atoms with Crippen LogP contribution in [0.3, 0.4) is 0 Å². The van der Waals surface area contributed by atoms with Gasteiger partial charge < -0.3 is 9.88 Å². The highest BCUT2D eigenvalue weighted by Gasteiger charge is 2.23. The average molecular weight is 390 g/mol. The fourth-order valence-electron chi connectivity index (χ4n) is 4.21. The van der Waals surface area contributed by atoms with E-state index in [2.05, 4.69) is 34.3 Å². The molecule has 0 atom stereocenters. The molecule has 0 spiro atoms. The second-order valence-electron chi connectivity index (χ2n) is 7.25. The highest BCUT2D eigenvalue weighted by molar-refractivity contribution is 6.31. The molecule has 5 heteroatoms. The molecule has 1 aliphatic carbocycles. The zero-order valence-corrected chi connectivity index (χ0v) is 16.2. The fourth-order valence-corrected chi connectivity index (χ4v) is 4.38. The minimum absolute atomic E-state index is 0.0377. The largest absolute Gasteiger partial charge is 0.350 e. The molecule has 28 heavy (non-hydrogen) atoms. The highest BCUT2D eigenvalue weighted by Crippen LogP contribution is 2.31. The summed E-state index contributed by atoms with van der Waals surface area (Å²) >= 11 is 6.21. The number of hydrogen-bond donors (Lipinski definition) is 1. The molecule has 0 fully saturated rings. The predicted molar refractivity (Wildman–Crippen MR) is 113 cm³/mol. The Bertz CT molecular complexity index is 1210. The van der Waals surface area contributed by atoms with Crippen LogP contribution in [0.15, 0.2) is 54.7 Å². The number of halogens is 1. The summed E-state index contributed by atoms with van der Waals surface area (Å²) in [6.07, 6.45) is 4.94. The first-order valence-electron chi connectivity index (χ1n) is 9.64. The number of para-hydroxylation sites is 1. The van der Waals surface area contributed by atoms with Crippen LogP contribution in [0.2, 0.25) is 5.02 Å². The highest BCUT2D eigenvalue weighted by atomic mass is 35.5. The molecular weight excluding hydrogens is 370 g/mol. The van der Waals surface area contributed by atoms with Gasteiger partial charge in [-0.25, -0.2) is 0 Å². The zero-order valence-electron chi connectivity index (χ0n) is 15.4. The number of amides is 1. The molecule has 0 saturated heterocycles. The van der Waals surface area contributed by atoms with Crippen molar-refractivity contribution < 1.29 is 4.79 Å². The summed E-state index contributed by atoms with van der Waals surface area (Å²) in [4.78, 5) is 17.9. The molecule has 5 rings (SSSR count). The van der Waals surface area contributed by atoms with Crippen molar-refractivity contribution in [2.75, 3.05) is 6.54 Å². The third-order valence-corrected chi connectivity index (χ3v) is 5.75. The molecule has 2 aromatic heterocycles. The SMILES string of the molecule is O=C(NCCn1ccc2ccccc21)c1c2c(nc3ccc(Cl)cc13)CCC2. The van der Waals surface area contributed by atoms with Crippen molar-refractivity contribution in [2.45, 2.75) is 25.8 Å². The summed E-state index contributed by atoms with van der Waals surface area (Å²) in [6.45, 7) is 1.29. The minimum Gasteiger partial charge on any atom is -0.350 e. The summed E-state index contributed by atoms with van der Waals surface area (Å²) in [7, 11) is 0. The van der Waals surface area contributed by atoms with Gasteiger partial charge in [0.15, 0.2) is 0 Å². The lowest BCUT2D eigenvalue weighted by atomic mass is 10.0. The Hall–Kier alpha value is -2.85. The molecule has 4 aromatic rings. The summed E-state index contributed by atoms with van der Waals surface area (Å²) in [5.74, 6) is -0.0377. The molecule has 4 nitrogen and oxygen atoms in total. The number of aryl methyl sites for hydroxylation is 1. The number of carbonyl (C=O) groups is 1. The maximum absolute atomic E-state index is 13.1. The minimum atomic E-state index is -0.0377. The van der Waals surface area contributed by atoms with Gasteiger partial charge in [0.2, 0.25) is 0 Å². The van der Waals surface area contributed by atoms with Gasteiger partial charge in [-0.3, -0.25) is 9.78 Å². The maximum atomic E-state index is 13.1. The van der Waals surface area contributed by atoms with Gasteiger partial charge in [-0.05, 0) is 60.5 Å². The summed E-state index contributed by atoms with van der Waals surface area (Å²) in [5.41, 5.74) is 4.90. The van der Waals surface area contributed by atoms with Crippen LogP contribution in [-0.2, 0) is 19.4 Å². The van der Waals surface area contributed by atoms with Gasteiger partial charge in [-0.1, -0.05) is 29.8 Å². The number of aromatic nitrogens is 2. The fraction of sp³-hybridized carbons (Fsp3) is 0.217. The van der Waals surface area contributed by atoms with E-state index in [0.29, 0.717) is 11.6 Å². The molecule has 0 saturated carbocycles. The van der Waals surface area contributed by atoms with E-state index in [-0.39, 0.29) is 5.91 Å². The lowest BCUT2D eigenvalue weighted by Crippen LogP contribution is -2.28. The lowest BCUT2D eigenvalue weighted by Gasteiger charge is -2.13. The number of hydrogen-bond acceptors (Lipinski definition) is 2. The second kappa shape index (κ2) is 6.95. The molecule has 1 N–H and O–H groups in total. The Balaban J connectivity index is 1.42. The van der Waals surface area contributed by atoms with Gasteiger partial charge in [0.05, 0.1) is 11.1 Å². The van der Waals surface area contributed by atoms with Crippen LogP contribution < -0.4 is 5.32 Å². The molecule has 0 aliphatic heterocycles. The zero-order chi connectivity index (χ0) is 19.1. The third kappa shape index (κ3) is 2.94. The average Bonchev–Trinajstić information content (AvgIpc) is 3.33. The first kappa shape index (κ1) is 17.3. The Morgan fingerprint density at radius 3 is 2.96 bits per heavy atom. The molecule has 1 aliphatic rings. The van der Waals surface area contributed by atoms with Crippen LogP contribution in [0.25, 0.3) is 21.8 Å². The van der Waals surface area contributed by atoms with Crippen LogP contribution in [0.1, 0.15) is 28.0 Å². The van der Waals surface area contributed by atoms with Crippen molar-refractivity contribution in [1.29, 1.82) is 0 Å². The number of rotatable bonds is 4. The van der Waals surface area contributed by atoms with Crippen molar-refractivity contribution in [3.05, 3.63) is 76.6 Å². The van der Waals surface area contributed by atoms with E-state index in [4.69, 9.17) is 16.6 Å². The number of carbonyl (C=O) groups excluding carboxylic acids is 1. The van der Waals surface area contributed by atoms with E-state index in [1.165, 1.54) is 10.9 Å². The van der Waals surface area contributed by atoms with Crippen LogP contribution in [0.5, 0.6) is 0 Å². The normalized spacial score (nSPS) is 13.2. The number of nitrogens with one attached hydrogen (secondary N) is 1. The molecule has 2 heterocycles. The van der Waals surface area contributed by atoms with Crippen molar-refractivity contribution in [3.63, 3.8) is 0 Å². The van der Waals surface area contributed by atoms with E-state index in [1.54, 1.807) is 0 Å². The van der Waals surface area contributed by atoms with Gasteiger partial charge in [-0.15, -0.1) is 0 Å². The molecular formula is C23H20ClN3O. The Morgan fingerprint density at radius 2 is 2.04 bits per heavy atom. The predicted octanol–water partition coefficient (Wildman–Crippen LogP) is 4.76. The van der Waals surface area contributed by atoms with Gasteiger partial charge in [0.25, 0.3) is 5.91 Å². The Morgan fingerprint density at radius 1 is 1.14 bits per heavy atom.